The van der Waals surface area contributed by atoms with Crippen LogP contribution in [0.5, 0.6) is 0 Å². The number of amides is 1. The van der Waals surface area contributed by atoms with Gasteiger partial charge in [0.2, 0.25) is 6.41 Å². The van der Waals surface area contributed by atoms with Gasteiger partial charge >= 0.3 is 0 Å². The van der Waals surface area contributed by atoms with E-state index in [9.17, 15) is 9.59 Å². The molecule has 0 rings (SSSR count). The third-order valence-electron chi connectivity index (χ3n) is 0.985. The van der Waals surface area contributed by atoms with Crippen LogP contribution in [0.2, 0.25) is 0 Å². The average molecular weight is 145 g/mol. The number of unbranched alkanes of at least 4 members (excludes halogenated alkanes) is 1. The van der Waals surface area contributed by atoms with Crippen molar-refractivity contribution in [1.82, 2.24) is 5.32 Å². The summed E-state index contributed by atoms with van der Waals surface area (Å²) in [6.07, 6.45) is 2.28. The molecular formula is C6H11NO3. The molecule has 0 aliphatic rings. The Morgan fingerprint density at radius 3 is 2.70 bits per heavy atom. The van der Waals surface area contributed by atoms with E-state index in [2.05, 4.69) is 10.1 Å². The van der Waals surface area contributed by atoms with Gasteiger partial charge in [-0.1, -0.05) is 0 Å². The Kier molecular flexibility index (Phi) is 7.10. The zero-order valence-corrected chi connectivity index (χ0v) is 5.71. The third-order valence-corrected chi connectivity index (χ3v) is 0.985. The van der Waals surface area contributed by atoms with Gasteiger partial charge in [0.05, 0.1) is 6.61 Å². The van der Waals surface area contributed by atoms with Crippen molar-refractivity contribution < 1.29 is 14.3 Å². The molecule has 4 heteroatoms. The fourth-order valence-corrected chi connectivity index (χ4v) is 0.519. The Bertz CT molecular complexity index is 83.0. The molecule has 0 fully saturated rings. The minimum absolute atomic E-state index is 0.424. The van der Waals surface area contributed by atoms with Gasteiger partial charge in [0, 0.05) is 6.54 Å². The first-order valence-electron chi connectivity index (χ1n) is 3.14. The molecule has 0 radical (unpaired) electrons. The molecule has 1 N–H and O–H groups in total. The quantitative estimate of drug-likeness (QED) is 0.395. The van der Waals surface area contributed by atoms with E-state index in [1.54, 1.807) is 0 Å². The Morgan fingerprint density at radius 2 is 2.10 bits per heavy atom. The lowest BCUT2D eigenvalue weighted by Gasteiger charge is -1.97. The molecule has 0 aliphatic carbocycles. The van der Waals surface area contributed by atoms with Crippen molar-refractivity contribution in [2.75, 3.05) is 13.2 Å². The molecule has 0 unspecified atom stereocenters. The number of carbonyl (C=O) groups excluding carboxylic acids is 2. The second kappa shape index (κ2) is 7.94. The highest BCUT2D eigenvalue weighted by Gasteiger charge is 1.86. The summed E-state index contributed by atoms with van der Waals surface area (Å²) in [4.78, 5) is 19.3. The van der Waals surface area contributed by atoms with Crippen LogP contribution in [0.1, 0.15) is 12.8 Å². The molecule has 0 spiro atoms. The lowest BCUT2D eigenvalue weighted by atomic mass is 10.3. The molecule has 0 atom stereocenters. The summed E-state index contributed by atoms with van der Waals surface area (Å²) >= 11 is 0. The van der Waals surface area contributed by atoms with Crippen molar-refractivity contribution in [3.63, 3.8) is 0 Å². The van der Waals surface area contributed by atoms with Crippen LogP contribution in [0.15, 0.2) is 0 Å². The van der Waals surface area contributed by atoms with Crippen LogP contribution in [-0.4, -0.2) is 26.0 Å². The molecule has 1 amide bonds. The molecule has 0 aliphatic heterocycles. The summed E-state index contributed by atoms with van der Waals surface area (Å²) in [5, 5.41) is 2.50. The van der Waals surface area contributed by atoms with Crippen LogP contribution in [-0.2, 0) is 14.3 Å². The summed E-state index contributed by atoms with van der Waals surface area (Å²) in [5.74, 6) is 0. The van der Waals surface area contributed by atoms with Crippen molar-refractivity contribution in [2.45, 2.75) is 12.8 Å². The van der Waals surface area contributed by atoms with Crippen molar-refractivity contribution in [1.29, 1.82) is 0 Å². The van der Waals surface area contributed by atoms with Gasteiger partial charge < -0.3 is 10.1 Å². The van der Waals surface area contributed by atoms with Crippen LogP contribution < -0.4 is 5.32 Å². The van der Waals surface area contributed by atoms with E-state index in [-0.39, 0.29) is 0 Å². The molecule has 0 aromatic heterocycles. The predicted octanol–water partition coefficient (Wildman–Crippen LogP) is -0.314. The molecule has 4 nitrogen and oxygen atoms in total. The van der Waals surface area contributed by atoms with Gasteiger partial charge in [-0.2, -0.15) is 0 Å². The molecule has 58 valence electrons. The third kappa shape index (κ3) is 6.94. The highest BCUT2D eigenvalue weighted by Crippen LogP contribution is 1.85. The second-order valence-electron chi connectivity index (χ2n) is 1.75. The molecule has 0 saturated heterocycles. The van der Waals surface area contributed by atoms with Crippen molar-refractivity contribution in [2.24, 2.45) is 0 Å². The van der Waals surface area contributed by atoms with E-state index in [4.69, 9.17) is 0 Å². The minimum Gasteiger partial charge on any atom is -0.468 e. The summed E-state index contributed by atoms with van der Waals surface area (Å²) in [5.41, 5.74) is 0. The number of hydrogen-bond acceptors (Lipinski definition) is 3. The van der Waals surface area contributed by atoms with E-state index in [1.807, 2.05) is 0 Å². The normalized spacial score (nSPS) is 8.40. The van der Waals surface area contributed by atoms with E-state index in [1.165, 1.54) is 0 Å². The van der Waals surface area contributed by atoms with Crippen LogP contribution in [0.3, 0.4) is 0 Å². The fourth-order valence-electron chi connectivity index (χ4n) is 0.519. The topological polar surface area (TPSA) is 55.4 Å². The Morgan fingerprint density at radius 1 is 1.30 bits per heavy atom. The van der Waals surface area contributed by atoms with Crippen molar-refractivity contribution >= 4 is 12.9 Å². The fraction of sp³-hybridized carbons (Fsp3) is 0.667. The Hall–Kier alpha value is -1.06. The van der Waals surface area contributed by atoms with Crippen molar-refractivity contribution in [3.05, 3.63) is 0 Å². The number of nitrogens with one attached hydrogen (secondary N) is 1. The highest BCUT2D eigenvalue weighted by molar-refractivity contribution is 5.45. The number of carbonyl (C=O) groups is 2. The number of rotatable bonds is 7. The maximum absolute atomic E-state index is 9.70. The molecule has 0 saturated carbocycles. The molecule has 10 heavy (non-hydrogen) atoms. The van der Waals surface area contributed by atoms with Gasteiger partial charge in [-0.25, -0.2) is 0 Å². The van der Waals surface area contributed by atoms with Gasteiger partial charge in [0.15, 0.2) is 0 Å². The average Bonchev–Trinajstić information content (AvgIpc) is 1.97. The van der Waals surface area contributed by atoms with Gasteiger partial charge in [0.1, 0.15) is 0 Å². The molecule has 0 aromatic carbocycles. The van der Waals surface area contributed by atoms with E-state index in [0.717, 1.165) is 12.8 Å². The molecule has 0 heterocycles. The Balaban J connectivity index is 2.76. The highest BCUT2D eigenvalue weighted by atomic mass is 16.5. The summed E-state index contributed by atoms with van der Waals surface area (Å²) in [6.45, 7) is 1.50. The van der Waals surface area contributed by atoms with Gasteiger partial charge in [-0.3, -0.25) is 9.59 Å². The largest absolute Gasteiger partial charge is 0.468 e. The first-order valence-corrected chi connectivity index (χ1v) is 3.14. The number of ether oxygens (including phenoxy) is 1. The Labute approximate surface area is 59.6 Å². The summed E-state index contributed by atoms with van der Waals surface area (Å²) in [6, 6.07) is 0. The van der Waals surface area contributed by atoms with Crippen LogP contribution >= 0.6 is 0 Å². The lowest BCUT2D eigenvalue weighted by molar-refractivity contribution is -0.128. The van der Waals surface area contributed by atoms with Gasteiger partial charge in [-0.15, -0.1) is 0 Å². The zero-order chi connectivity index (χ0) is 7.66. The van der Waals surface area contributed by atoms with Gasteiger partial charge in [-0.05, 0) is 12.8 Å². The summed E-state index contributed by atoms with van der Waals surface area (Å²) < 4.78 is 4.42. The van der Waals surface area contributed by atoms with Crippen LogP contribution in [0, 0.1) is 0 Å². The van der Waals surface area contributed by atoms with E-state index < -0.39 is 0 Å². The zero-order valence-electron chi connectivity index (χ0n) is 5.71. The molecule has 0 aromatic rings. The first kappa shape index (κ1) is 8.94. The van der Waals surface area contributed by atoms with Crippen LogP contribution in [0.25, 0.3) is 0 Å². The van der Waals surface area contributed by atoms with Crippen molar-refractivity contribution in [3.8, 4) is 0 Å². The standard InChI is InChI=1S/C6H11NO3/c8-5-7-3-1-2-4-10-6-9/h5-6H,1-4H2,(H,7,8). The first-order chi connectivity index (χ1) is 4.91. The van der Waals surface area contributed by atoms with Gasteiger partial charge in [0.25, 0.3) is 6.47 Å². The van der Waals surface area contributed by atoms with Crippen LogP contribution in [0.4, 0.5) is 0 Å². The number of hydrogen-bond donors (Lipinski definition) is 1. The van der Waals surface area contributed by atoms with E-state index in [0.29, 0.717) is 26.0 Å². The molecule has 0 bridgehead atoms. The lowest BCUT2D eigenvalue weighted by Crippen LogP contribution is -2.12. The maximum Gasteiger partial charge on any atom is 0.293 e. The molecular weight excluding hydrogens is 134 g/mol. The predicted molar refractivity (Wildman–Crippen MR) is 35.3 cm³/mol. The summed E-state index contributed by atoms with van der Waals surface area (Å²) in [7, 11) is 0. The smallest absolute Gasteiger partial charge is 0.293 e. The maximum atomic E-state index is 9.70. The monoisotopic (exact) mass is 145 g/mol. The van der Waals surface area contributed by atoms with E-state index >= 15 is 0 Å². The minimum atomic E-state index is 0.424. The second-order valence-corrected chi connectivity index (χ2v) is 1.75. The SMILES string of the molecule is O=CNCCCCOC=O.